The lowest BCUT2D eigenvalue weighted by Crippen LogP contribution is -2.31. The van der Waals surface area contributed by atoms with E-state index in [1.807, 2.05) is 0 Å². The van der Waals surface area contributed by atoms with Crippen molar-refractivity contribution in [1.29, 1.82) is 0 Å². The Bertz CT molecular complexity index is 433. The second-order valence-electron chi connectivity index (χ2n) is 6.68. The molecule has 1 aliphatic heterocycles. The number of hydrogen-bond acceptors (Lipinski definition) is 2. The molecule has 1 saturated heterocycles. The molecule has 1 aromatic rings. The summed E-state index contributed by atoms with van der Waals surface area (Å²) in [5, 5.41) is 3.51. The van der Waals surface area contributed by atoms with E-state index in [-0.39, 0.29) is 5.41 Å². The third kappa shape index (κ3) is 3.54. The summed E-state index contributed by atoms with van der Waals surface area (Å²) in [6.45, 7) is 9.22. The van der Waals surface area contributed by atoms with Gasteiger partial charge in [0.1, 0.15) is 5.75 Å². The van der Waals surface area contributed by atoms with Crippen molar-refractivity contribution in [2.75, 3.05) is 20.2 Å². The topological polar surface area (TPSA) is 21.3 Å². The molecule has 1 unspecified atom stereocenters. The van der Waals surface area contributed by atoms with Crippen LogP contribution in [0.1, 0.15) is 51.2 Å². The van der Waals surface area contributed by atoms with Crippen LogP contribution in [0.4, 0.5) is 0 Å². The fourth-order valence-electron chi connectivity index (χ4n) is 2.97. The minimum atomic E-state index is 0.242. The molecule has 112 valence electrons. The van der Waals surface area contributed by atoms with Crippen LogP contribution >= 0.6 is 0 Å². The molecular weight excluding hydrogens is 246 g/mol. The molecular formula is C18H29NO. The highest BCUT2D eigenvalue weighted by Gasteiger charge is 2.21. The quantitative estimate of drug-likeness (QED) is 0.879. The van der Waals surface area contributed by atoms with Crippen LogP contribution in [0, 0.1) is 5.92 Å². The van der Waals surface area contributed by atoms with E-state index in [4.69, 9.17) is 4.74 Å². The third-order valence-corrected chi connectivity index (χ3v) is 4.85. The summed E-state index contributed by atoms with van der Waals surface area (Å²) >= 11 is 0. The summed E-state index contributed by atoms with van der Waals surface area (Å²) in [6.07, 6.45) is 4.91. The first kappa shape index (κ1) is 15.4. The lowest BCUT2D eigenvalue weighted by atomic mass is 9.80. The average molecular weight is 275 g/mol. The minimum absolute atomic E-state index is 0.242. The summed E-state index contributed by atoms with van der Waals surface area (Å²) in [7, 11) is 1.78. The molecule has 1 N–H and O–H groups in total. The van der Waals surface area contributed by atoms with Gasteiger partial charge in [-0.2, -0.15) is 0 Å². The average Bonchev–Trinajstić information content (AvgIpc) is 2.48. The van der Waals surface area contributed by atoms with Crippen molar-refractivity contribution in [2.45, 2.75) is 51.9 Å². The van der Waals surface area contributed by atoms with Crippen LogP contribution in [0.5, 0.6) is 5.75 Å². The molecule has 0 amide bonds. The molecule has 0 spiro atoms. The van der Waals surface area contributed by atoms with Crippen LogP contribution in [0.15, 0.2) is 18.2 Å². The largest absolute Gasteiger partial charge is 0.496 e. The van der Waals surface area contributed by atoms with Crippen molar-refractivity contribution in [2.24, 2.45) is 5.92 Å². The minimum Gasteiger partial charge on any atom is -0.496 e. The first-order chi connectivity index (χ1) is 9.56. The molecule has 2 nitrogen and oxygen atoms in total. The Morgan fingerprint density at radius 1 is 1.35 bits per heavy atom. The maximum Gasteiger partial charge on any atom is 0.122 e. The molecule has 1 atom stereocenters. The first-order valence-electron chi connectivity index (χ1n) is 7.95. The monoisotopic (exact) mass is 275 g/mol. The van der Waals surface area contributed by atoms with E-state index in [9.17, 15) is 0 Å². The van der Waals surface area contributed by atoms with E-state index in [0.717, 1.165) is 31.1 Å². The fraction of sp³-hybridized carbons (Fsp3) is 0.667. The SMILES string of the molecule is CCC(C)(C)c1ccc(OC)c(CC2CCCNC2)c1. The predicted molar refractivity (Wildman–Crippen MR) is 85.6 cm³/mol. The van der Waals surface area contributed by atoms with E-state index >= 15 is 0 Å². The molecule has 0 aliphatic carbocycles. The van der Waals surface area contributed by atoms with Gasteiger partial charge in [0, 0.05) is 0 Å². The Hall–Kier alpha value is -1.02. The number of rotatable bonds is 5. The van der Waals surface area contributed by atoms with Crippen molar-refractivity contribution < 1.29 is 4.74 Å². The van der Waals surface area contributed by atoms with Gasteiger partial charge >= 0.3 is 0 Å². The van der Waals surface area contributed by atoms with E-state index in [1.165, 1.54) is 30.5 Å². The molecule has 0 aromatic heterocycles. The van der Waals surface area contributed by atoms with Gasteiger partial charge in [-0.05, 0) is 67.3 Å². The van der Waals surface area contributed by atoms with E-state index in [0.29, 0.717) is 0 Å². The number of nitrogens with one attached hydrogen (secondary N) is 1. The van der Waals surface area contributed by atoms with Gasteiger partial charge in [0.25, 0.3) is 0 Å². The molecule has 2 rings (SSSR count). The molecule has 1 aliphatic rings. The van der Waals surface area contributed by atoms with Gasteiger partial charge < -0.3 is 10.1 Å². The Morgan fingerprint density at radius 3 is 2.75 bits per heavy atom. The molecule has 2 heteroatoms. The highest BCUT2D eigenvalue weighted by atomic mass is 16.5. The van der Waals surface area contributed by atoms with Crippen molar-refractivity contribution in [3.63, 3.8) is 0 Å². The molecule has 0 radical (unpaired) electrons. The number of piperidine rings is 1. The zero-order valence-electron chi connectivity index (χ0n) is 13.5. The lowest BCUT2D eigenvalue weighted by Gasteiger charge is -2.27. The van der Waals surface area contributed by atoms with Gasteiger partial charge in [0.15, 0.2) is 0 Å². The molecule has 1 fully saturated rings. The number of methoxy groups -OCH3 is 1. The maximum absolute atomic E-state index is 5.57. The number of ether oxygens (including phenoxy) is 1. The summed E-state index contributed by atoms with van der Waals surface area (Å²) in [6, 6.07) is 6.75. The van der Waals surface area contributed by atoms with Crippen LogP contribution in [-0.4, -0.2) is 20.2 Å². The summed E-state index contributed by atoms with van der Waals surface area (Å²) < 4.78 is 5.57. The number of benzene rings is 1. The van der Waals surface area contributed by atoms with Crippen LogP contribution in [0.3, 0.4) is 0 Å². The second kappa shape index (κ2) is 6.62. The highest BCUT2D eigenvalue weighted by Crippen LogP contribution is 2.32. The van der Waals surface area contributed by atoms with E-state index < -0.39 is 0 Å². The number of hydrogen-bond donors (Lipinski definition) is 1. The third-order valence-electron chi connectivity index (χ3n) is 4.85. The van der Waals surface area contributed by atoms with Gasteiger partial charge in [0.2, 0.25) is 0 Å². The van der Waals surface area contributed by atoms with Crippen molar-refractivity contribution >= 4 is 0 Å². The van der Waals surface area contributed by atoms with Crippen LogP contribution < -0.4 is 10.1 Å². The summed E-state index contributed by atoms with van der Waals surface area (Å²) in [5.41, 5.74) is 3.05. The first-order valence-corrected chi connectivity index (χ1v) is 7.95. The Labute approximate surface area is 123 Å². The van der Waals surface area contributed by atoms with Crippen LogP contribution in [0.25, 0.3) is 0 Å². The standard InChI is InChI=1S/C18H29NO/c1-5-18(2,3)16-8-9-17(20-4)15(12-16)11-14-7-6-10-19-13-14/h8-9,12,14,19H,5-7,10-11,13H2,1-4H3. The van der Waals surface area contributed by atoms with Gasteiger partial charge in [0.05, 0.1) is 7.11 Å². The highest BCUT2D eigenvalue weighted by molar-refractivity contribution is 5.40. The zero-order chi connectivity index (χ0) is 14.6. The van der Waals surface area contributed by atoms with Gasteiger partial charge in [-0.25, -0.2) is 0 Å². The van der Waals surface area contributed by atoms with Crippen LogP contribution in [-0.2, 0) is 11.8 Å². The molecule has 0 saturated carbocycles. The van der Waals surface area contributed by atoms with Crippen molar-refractivity contribution in [3.8, 4) is 5.75 Å². The second-order valence-corrected chi connectivity index (χ2v) is 6.68. The van der Waals surface area contributed by atoms with Gasteiger partial charge in [-0.1, -0.05) is 32.9 Å². The van der Waals surface area contributed by atoms with Crippen LogP contribution in [0.2, 0.25) is 0 Å². The lowest BCUT2D eigenvalue weighted by molar-refractivity contribution is 0.363. The fourth-order valence-corrected chi connectivity index (χ4v) is 2.97. The van der Waals surface area contributed by atoms with Crippen molar-refractivity contribution in [1.82, 2.24) is 5.32 Å². The zero-order valence-corrected chi connectivity index (χ0v) is 13.5. The molecule has 1 heterocycles. The summed E-state index contributed by atoms with van der Waals surface area (Å²) in [5.74, 6) is 1.80. The maximum atomic E-state index is 5.57. The van der Waals surface area contributed by atoms with E-state index in [1.54, 1.807) is 7.11 Å². The predicted octanol–water partition coefficient (Wildman–Crippen LogP) is 3.92. The van der Waals surface area contributed by atoms with E-state index in [2.05, 4.69) is 44.3 Å². The van der Waals surface area contributed by atoms with Gasteiger partial charge in [-0.15, -0.1) is 0 Å². The Morgan fingerprint density at radius 2 is 2.15 bits per heavy atom. The molecule has 1 aromatic carbocycles. The Balaban J connectivity index is 2.22. The smallest absolute Gasteiger partial charge is 0.122 e. The van der Waals surface area contributed by atoms with Gasteiger partial charge in [-0.3, -0.25) is 0 Å². The normalized spacial score (nSPS) is 19.9. The molecule has 0 bridgehead atoms. The Kier molecular flexibility index (Phi) is 5.09. The van der Waals surface area contributed by atoms with Crippen molar-refractivity contribution in [3.05, 3.63) is 29.3 Å². The molecule has 20 heavy (non-hydrogen) atoms. The summed E-state index contributed by atoms with van der Waals surface area (Å²) in [4.78, 5) is 0.